The zero-order valence-corrected chi connectivity index (χ0v) is 23.6. The third-order valence-electron chi connectivity index (χ3n) is 6.55. The molecule has 0 fully saturated rings. The average molecular weight is 625 g/mol. The van der Waals surface area contributed by atoms with Gasteiger partial charge in [0.05, 0.1) is 34.5 Å². The summed E-state index contributed by atoms with van der Waals surface area (Å²) in [5.41, 5.74) is 1.46. The van der Waals surface area contributed by atoms with E-state index < -0.39 is 10.5 Å². The van der Waals surface area contributed by atoms with Crippen molar-refractivity contribution in [2.45, 2.75) is 6.61 Å². The fraction of sp³-hybridized carbons (Fsp3) is 0.0645. The molecular formula is C31H21BrN4O6. The minimum absolute atomic E-state index is 0.0194. The molecule has 2 aromatic heterocycles. The third kappa shape index (κ3) is 5.13. The standard InChI is InChI=1S/C31H21BrN4O6/c1-40-26-10-5-11-27-23(26)16-28(42-27)30-34-24-8-3-2-7-22(24)31(37)35(30)33-17-20-6-4-9-25(36(38)39)29(20)41-18-19-12-14-21(32)15-13-19/h2-17H,18H2,1H3. The van der Waals surface area contributed by atoms with Crippen molar-refractivity contribution < 1.29 is 18.8 Å². The molecule has 4 aromatic carbocycles. The van der Waals surface area contributed by atoms with Crippen LogP contribution in [0.3, 0.4) is 0 Å². The van der Waals surface area contributed by atoms with Crippen LogP contribution in [0.5, 0.6) is 11.5 Å². The molecule has 11 heteroatoms. The van der Waals surface area contributed by atoms with Gasteiger partial charge in [-0.1, -0.05) is 52.3 Å². The number of nitrogens with zero attached hydrogens (tertiary/aromatic N) is 4. The van der Waals surface area contributed by atoms with Gasteiger partial charge in [0.2, 0.25) is 11.6 Å². The molecule has 42 heavy (non-hydrogen) atoms. The average Bonchev–Trinajstić information content (AvgIpc) is 3.45. The number of furan rings is 1. The summed E-state index contributed by atoms with van der Waals surface area (Å²) >= 11 is 3.39. The molecule has 6 rings (SSSR count). The lowest BCUT2D eigenvalue weighted by atomic mass is 10.2. The Bertz CT molecular complexity index is 2050. The lowest BCUT2D eigenvalue weighted by Gasteiger charge is -2.10. The van der Waals surface area contributed by atoms with Crippen LogP contribution >= 0.6 is 15.9 Å². The highest BCUT2D eigenvalue weighted by atomic mass is 79.9. The van der Waals surface area contributed by atoms with Gasteiger partial charge in [-0.2, -0.15) is 9.78 Å². The number of ether oxygens (including phenoxy) is 2. The van der Waals surface area contributed by atoms with Gasteiger partial charge in [0.25, 0.3) is 5.56 Å². The molecule has 0 amide bonds. The number of methoxy groups -OCH3 is 1. The normalized spacial score (nSPS) is 11.4. The van der Waals surface area contributed by atoms with Gasteiger partial charge in [0.1, 0.15) is 17.9 Å². The molecule has 0 spiro atoms. The van der Waals surface area contributed by atoms with E-state index in [0.717, 1.165) is 14.7 Å². The Balaban J connectivity index is 1.48. The van der Waals surface area contributed by atoms with E-state index in [0.29, 0.717) is 38.9 Å². The summed E-state index contributed by atoms with van der Waals surface area (Å²) in [5.74, 6) is 1.06. The molecule has 0 N–H and O–H groups in total. The Hall–Kier alpha value is -5.29. The van der Waals surface area contributed by atoms with Crippen LogP contribution in [0.2, 0.25) is 0 Å². The van der Waals surface area contributed by atoms with Crippen molar-refractivity contribution in [1.29, 1.82) is 0 Å². The molecule has 6 aromatic rings. The van der Waals surface area contributed by atoms with Gasteiger partial charge in [-0.05, 0) is 54.1 Å². The Labute approximate surface area is 246 Å². The highest BCUT2D eigenvalue weighted by Crippen LogP contribution is 2.34. The molecule has 0 radical (unpaired) electrons. The Kier molecular flexibility index (Phi) is 7.24. The van der Waals surface area contributed by atoms with E-state index in [4.69, 9.17) is 18.9 Å². The van der Waals surface area contributed by atoms with E-state index in [1.54, 1.807) is 61.7 Å². The maximum absolute atomic E-state index is 13.7. The molecular weight excluding hydrogens is 604 g/mol. The van der Waals surface area contributed by atoms with Crippen LogP contribution < -0.4 is 15.0 Å². The predicted octanol–water partition coefficient (Wildman–Crippen LogP) is 6.95. The van der Waals surface area contributed by atoms with Crippen LogP contribution in [0.15, 0.2) is 110 Å². The van der Waals surface area contributed by atoms with E-state index in [2.05, 4.69) is 21.0 Å². The first-order chi connectivity index (χ1) is 20.4. The second-order valence-corrected chi connectivity index (χ2v) is 10.1. The minimum atomic E-state index is -0.523. The second kappa shape index (κ2) is 11.3. The van der Waals surface area contributed by atoms with Gasteiger partial charge in [0, 0.05) is 16.1 Å². The smallest absolute Gasteiger partial charge is 0.311 e. The quantitative estimate of drug-likeness (QED) is 0.102. The van der Waals surface area contributed by atoms with Crippen LogP contribution in [0.25, 0.3) is 33.5 Å². The summed E-state index contributed by atoms with van der Waals surface area (Å²) in [7, 11) is 1.56. The van der Waals surface area contributed by atoms with Crippen molar-refractivity contribution in [3.05, 3.63) is 127 Å². The molecule has 2 heterocycles. The zero-order valence-electron chi connectivity index (χ0n) is 22.1. The van der Waals surface area contributed by atoms with Crippen LogP contribution in [-0.2, 0) is 6.61 Å². The molecule has 0 bridgehead atoms. The number of rotatable bonds is 8. The van der Waals surface area contributed by atoms with Crippen molar-refractivity contribution in [3.63, 3.8) is 0 Å². The number of fused-ring (bicyclic) bond motifs is 2. The SMILES string of the molecule is COc1cccc2oc(-c3nc4ccccc4c(=O)n3N=Cc3cccc([N+](=O)[O-])c3OCc3ccc(Br)cc3)cc12. The number of hydrogen-bond donors (Lipinski definition) is 0. The van der Waals surface area contributed by atoms with Gasteiger partial charge in [-0.15, -0.1) is 0 Å². The monoisotopic (exact) mass is 624 g/mol. The summed E-state index contributed by atoms with van der Waals surface area (Å²) in [5, 5.41) is 17.4. The zero-order chi connectivity index (χ0) is 29.2. The number of benzene rings is 4. The predicted molar refractivity (Wildman–Crippen MR) is 162 cm³/mol. The van der Waals surface area contributed by atoms with Crippen LogP contribution in [0.4, 0.5) is 5.69 Å². The number of nitro groups is 1. The number of para-hydroxylation sites is 2. The van der Waals surface area contributed by atoms with Crippen molar-refractivity contribution in [2.75, 3.05) is 7.11 Å². The maximum Gasteiger partial charge on any atom is 0.311 e. The van der Waals surface area contributed by atoms with Gasteiger partial charge in [0.15, 0.2) is 5.76 Å². The van der Waals surface area contributed by atoms with Gasteiger partial charge in [-0.3, -0.25) is 14.9 Å². The summed E-state index contributed by atoms with van der Waals surface area (Å²) < 4.78 is 19.5. The number of aromatic nitrogens is 2. The fourth-order valence-corrected chi connectivity index (χ4v) is 4.78. The Morgan fingerprint density at radius 3 is 2.60 bits per heavy atom. The summed E-state index contributed by atoms with van der Waals surface area (Å²) in [6.07, 6.45) is 1.34. The molecule has 0 atom stereocenters. The molecule has 0 unspecified atom stereocenters. The molecule has 0 saturated carbocycles. The lowest BCUT2D eigenvalue weighted by Crippen LogP contribution is -2.20. The van der Waals surface area contributed by atoms with Crippen LogP contribution in [0.1, 0.15) is 11.1 Å². The highest BCUT2D eigenvalue weighted by Gasteiger charge is 2.21. The largest absolute Gasteiger partial charge is 0.496 e. The highest BCUT2D eigenvalue weighted by molar-refractivity contribution is 9.10. The molecule has 10 nitrogen and oxygen atoms in total. The van der Waals surface area contributed by atoms with E-state index in [1.165, 1.54) is 18.3 Å². The van der Waals surface area contributed by atoms with Gasteiger partial charge < -0.3 is 13.9 Å². The summed E-state index contributed by atoms with van der Waals surface area (Å²) in [6.45, 7) is 0.0858. The fourth-order valence-electron chi connectivity index (χ4n) is 4.51. The number of hydrogen-bond acceptors (Lipinski definition) is 8. The molecule has 0 aliphatic rings. The first-order valence-electron chi connectivity index (χ1n) is 12.7. The number of halogens is 1. The summed E-state index contributed by atoms with van der Waals surface area (Å²) in [6, 6.07) is 25.9. The molecule has 208 valence electrons. The van der Waals surface area contributed by atoms with E-state index in [9.17, 15) is 14.9 Å². The van der Waals surface area contributed by atoms with Gasteiger partial charge in [-0.25, -0.2) is 4.98 Å². The number of nitro benzene ring substituents is 1. The van der Waals surface area contributed by atoms with Gasteiger partial charge >= 0.3 is 5.69 Å². The van der Waals surface area contributed by atoms with Crippen LogP contribution in [0, 0.1) is 10.1 Å². The Morgan fingerprint density at radius 2 is 1.81 bits per heavy atom. The van der Waals surface area contributed by atoms with E-state index >= 15 is 0 Å². The van der Waals surface area contributed by atoms with Crippen molar-refractivity contribution in [2.24, 2.45) is 5.10 Å². The first kappa shape index (κ1) is 26.9. The maximum atomic E-state index is 13.7. The lowest BCUT2D eigenvalue weighted by molar-refractivity contribution is -0.385. The second-order valence-electron chi connectivity index (χ2n) is 9.16. The molecule has 0 aliphatic heterocycles. The van der Waals surface area contributed by atoms with E-state index in [1.807, 2.05) is 24.3 Å². The Morgan fingerprint density at radius 1 is 1.02 bits per heavy atom. The van der Waals surface area contributed by atoms with Crippen molar-refractivity contribution >= 4 is 49.7 Å². The molecule has 0 aliphatic carbocycles. The van der Waals surface area contributed by atoms with Crippen molar-refractivity contribution in [3.8, 4) is 23.1 Å². The topological polar surface area (TPSA) is 122 Å². The minimum Gasteiger partial charge on any atom is -0.496 e. The summed E-state index contributed by atoms with van der Waals surface area (Å²) in [4.78, 5) is 29.7. The first-order valence-corrected chi connectivity index (χ1v) is 13.5. The van der Waals surface area contributed by atoms with Crippen molar-refractivity contribution in [1.82, 2.24) is 9.66 Å². The third-order valence-corrected chi connectivity index (χ3v) is 7.07. The van der Waals surface area contributed by atoms with E-state index in [-0.39, 0.29) is 23.9 Å². The van der Waals surface area contributed by atoms with Crippen LogP contribution in [-0.4, -0.2) is 27.9 Å². The molecule has 0 saturated heterocycles.